The minimum Gasteiger partial charge on any atom is -0.494 e. The second-order valence-electron chi connectivity index (χ2n) is 2.61. The summed E-state index contributed by atoms with van der Waals surface area (Å²) in [6.07, 6.45) is 1.42. The van der Waals surface area contributed by atoms with Crippen molar-refractivity contribution in [2.75, 3.05) is 7.11 Å². The van der Waals surface area contributed by atoms with Crippen molar-refractivity contribution in [3.05, 3.63) is 24.1 Å². The van der Waals surface area contributed by atoms with E-state index in [2.05, 4.69) is 4.98 Å². The summed E-state index contributed by atoms with van der Waals surface area (Å²) in [4.78, 5) is 4.06. The molecule has 2 aromatic rings. The number of oxazole rings is 1. The quantitative estimate of drug-likeness (QED) is 0.646. The van der Waals surface area contributed by atoms with Crippen LogP contribution in [-0.4, -0.2) is 12.1 Å². The molecule has 62 valence electrons. The third-order valence-electron chi connectivity index (χ3n) is 1.86. The van der Waals surface area contributed by atoms with Crippen molar-refractivity contribution in [1.29, 1.82) is 0 Å². The summed E-state index contributed by atoms with van der Waals surface area (Å²) in [5.41, 5.74) is 2.62. The molecule has 0 spiro atoms. The maximum absolute atomic E-state index is 5.19. The van der Waals surface area contributed by atoms with Crippen LogP contribution in [0.15, 0.2) is 22.9 Å². The van der Waals surface area contributed by atoms with Crippen LogP contribution in [0.4, 0.5) is 0 Å². The third-order valence-corrected chi connectivity index (χ3v) is 1.86. The van der Waals surface area contributed by atoms with Gasteiger partial charge in [-0.3, -0.25) is 0 Å². The first-order valence-corrected chi connectivity index (χ1v) is 3.69. The van der Waals surface area contributed by atoms with Gasteiger partial charge in [0.05, 0.1) is 7.11 Å². The minimum absolute atomic E-state index is 0.762. The van der Waals surface area contributed by atoms with Crippen molar-refractivity contribution in [1.82, 2.24) is 4.98 Å². The first-order valence-electron chi connectivity index (χ1n) is 3.69. The zero-order valence-electron chi connectivity index (χ0n) is 7.00. The maximum atomic E-state index is 5.19. The fourth-order valence-corrected chi connectivity index (χ4v) is 1.26. The van der Waals surface area contributed by atoms with Crippen LogP contribution in [-0.2, 0) is 0 Å². The largest absolute Gasteiger partial charge is 0.494 e. The average molecular weight is 163 g/mol. The molecule has 0 saturated carbocycles. The van der Waals surface area contributed by atoms with E-state index >= 15 is 0 Å². The van der Waals surface area contributed by atoms with Crippen LogP contribution < -0.4 is 4.74 Å². The molecule has 3 heteroatoms. The Kier molecular flexibility index (Phi) is 1.50. The summed E-state index contributed by atoms with van der Waals surface area (Å²) in [5.74, 6) is 0.793. The van der Waals surface area contributed by atoms with E-state index in [-0.39, 0.29) is 0 Å². The molecule has 12 heavy (non-hydrogen) atoms. The minimum atomic E-state index is 0.762. The fourth-order valence-electron chi connectivity index (χ4n) is 1.26. The van der Waals surface area contributed by atoms with E-state index in [1.165, 1.54) is 6.39 Å². The smallest absolute Gasteiger partial charge is 0.182 e. The second kappa shape index (κ2) is 2.52. The van der Waals surface area contributed by atoms with E-state index in [1.54, 1.807) is 7.11 Å². The molecule has 0 aliphatic rings. The highest BCUT2D eigenvalue weighted by molar-refractivity contribution is 5.80. The lowest BCUT2D eigenvalue weighted by Crippen LogP contribution is -1.87. The zero-order chi connectivity index (χ0) is 8.55. The Hall–Kier alpha value is -1.51. The number of ether oxygens (including phenoxy) is 1. The molecule has 0 atom stereocenters. The summed E-state index contributed by atoms with van der Waals surface area (Å²) >= 11 is 0. The first kappa shape index (κ1) is 7.16. The first-order chi connectivity index (χ1) is 5.83. The van der Waals surface area contributed by atoms with Crippen LogP contribution in [0.5, 0.6) is 5.75 Å². The summed E-state index contributed by atoms with van der Waals surface area (Å²) in [6.45, 7) is 1.98. The lowest BCUT2D eigenvalue weighted by atomic mass is 10.2. The summed E-state index contributed by atoms with van der Waals surface area (Å²) in [5, 5.41) is 0. The van der Waals surface area contributed by atoms with Crippen molar-refractivity contribution in [2.24, 2.45) is 0 Å². The molecule has 0 aliphatic heterocycles. The molecule has 0 fully saturated rings. The van der Waals surface area contributed by atoms with Crippen molar-refractivity contribution < 1.29 is 9.15 Å². The molecule has 1 aromatic carbocycles. The van der Waals surface area contributed by atoms with Crippen molar-refractivity contribution >= 4 is 11.1 Å². The van der Waals surface area contributed by atoms with Gasteiger partial charge in [0, 0.05) is 0 Å². The molecule has 1 heterocycles. The number of benzene rings is 1. The molecule has 2 rings (SSSR count). The standard InChI is InChI=1S/C9H9NO2/c1-6-3-4-7-8(9(6)11-2)10-5-12-7/h3-5H,1-2H3. The molecule has 0 bridgehead atoms. The molecule has 1 aromatic heterocycles. The van der Waals surface area contributed by atoms with Gasteiger partial charge in [0.15, 0.2) is 23.2 Å². The number of fused-ring (bicyclic) bond motifs is 1. The second-order valence-corrected chi connectivity index (χ2v) is 2.61. The van der Waals surface area contributed by atoms with Gasteiger partial charge < -0.3 is 9.15 Å². The Bertz CT molecular complexity index is 406. The van der Waals surface area contributed by atoms with Crippen molar-refractivity contribution in [3.8, 4) is 5.75 Å². The predicted molar refractivity (Wildman–Crippen MR) is 45.3 cm³/mol. The number of hydrogen-bond acceptors (Lipinski definition) is 3. The predicted octanol–water partition coefficient (Wildman–Crippen LogP) is 2.14. The van der Waals surface area contributed by atoms with Gasteiger partial charge in [-0.25, -0.2) is 4.98 Å². The van der Waals surface area contributed by atoms with Crippen molar-refractivity contribution in [3.63, 3.8) is 0 Å². The molecular formula is C9H9NO2. The average Bonchev–Trinajstić information content (AvgIpc) is 2.52. The highest BCUT2D eigenvalue weighted by Crippen LogP contribution is 2.27. The SMILES string of the molecule is COc1c(C)ccc2ocnc12. The number of aromatic nitrogens is 1. The maximum Gasteiger partial charge on any atom is 0.182 e. The van der Waals surface area contributed by atoms with Gasteiger partial charge in [-0.1, -0.05) is 6.07 Å². The van der Waals surface area contributed by atoms with E-state index < -0.39 is 0 Å². The van der Waals surface area contributed by atoms with Crippen LogP contribution in [0.3, 0.4) is 0 Å². The number of aryl methyl sites for hydroxylation is 1. The van der Waals surface area contributed by atoms with E-state index in [1.807, 2.05) is 19.1 Å². The Balaban J connectivity index is 2.83. The van der Waals surface area contributed by atoms with Crippen LogP contribution in [0, 0.1) is 6.92 Å². The summed E-state index contributed by atoms with van der Waals surface area (Å²) < 4.78 is 10.3. The van der Waals surface area contributed by atoms with Crippen LogP contribution >= 0.6 is 0 Å². The van der Waals surface area contributed by atoms with E-state index in [0.717, 1.165) is 22.4 Å². The van der Waals surface area contributed by atoms with Crippen LogP contribution in [0.1, 0.15) is 5.56 Å². The van der Waals surface area contributed by atoms with Gasteiger partial charge in [-0.15, -0.1) is 0 Å². The van der Waals surface area contributed by atoms with Gasteiger partial charge in [-0.05, 0) is 18.6 Å². The van der Waals surface area contributed by atoms with E-state index in [0.29, 0.717) is 0 Å². The Labute approximate surface area is 70.0 Å². The summed E-state index contributed by atoms with van der Waals surface area (Å²) in [7, 11) is 1.64. The lowest BCUT2D eigenvalue weighted by Gasteiger charge is -2.02. The van der Waals surface area contributed by atoms with Gasteiger partial charge >= 0.3 is 0 Å². The highest BCUT2D eigenvalue weighted by Gasteiger charge is 2.07. The zero-order valence-corrected chi connectivity index (χ0v) is 7.00. The number of rotatable bonds is 1. The molecule has 0 saturated heterocycles. The highest BCUT2D eigenvalue weighted by atomic mass is 16.5. The molecular weight excluding hydrogens is 154 g/mol. The number of nitrogens with zero attached hydrogens (tertiary/aromatic N) is 1. The number of hydrogen-bond donors (Lipinski definition) is 0. The van der Waals surface area contributed by atoms with Gasteiger partial charge in [0.1, 0.15) is 0 Å². The Morgan fingerprint density at radius 2 is 2.25 bits per heavy atom. The third kappa shape index (κ3) is 0.863. The van der Waals surface area contributed by atoms with Gasteiger partial charge in [-0.2, -0.15) is 0 Å². The van der Waals surface area contributed by atoms with E-state index in [9.17, 15) is 0 Å². The Morgan fingerprint density at radius 1 is 1.42 bits per heavy atom. The molecule has 0 amide bonds. The number of methoxy groups -OCH3 is 1. The molecule has 0 aliphatic carbocycles. The lowest BCUT2D eigenvalue weighted by molar-refractivity contribution is 0.416. The normalized spacial score (nSPS) is 10.5. The Morgan fingerprint density at radius 3 is 3.00 bits per heavy atom. The molecule has 0 unspecified atom stereocenters. The summed E-state index contributed by atoms with van der Waals surface area (Å²) in [6, 6.07) is 3.84. The van der Waals surface area contributed by atoms with Crippen molar-refractivity contribution in [2.45, 2.75) is 6.92 Å². The van der Waals surface area contributed by atoms with Crippen LogP contribution in [0.2, 0.25) is 0 Å². The van der Waals surface area contributed by atoms with Crippen LogP contribution in [0.25, 0.3) is 11.1 Å². The topological polar surface area (TPSA) is 35.3 Å². The monoisotopic (exact) mass is 163 g/mol. The van der Waals surface area contributed by atoms with Gasteiger partial charge in [0.25, 0.3) is 0 Å². The van der Waals surface area contributed by atoms with Gasteiger partial charge in [0.2, 0.25) is 0 Å². The fraction of sp³-hybridized carbons (Fsp3) is 0.222. The van der Waals surface area contributed by atoms with E-state index in [4.69, 9.17) is 9.15 Å². The molecule has 0 N–H and O–H groups in total. The molecule has 3 nitrogen and oxygen atoms in total. The molecule has 0 radical (unpaired) electrons.